The fourth-order valence-electron chi connectivity index (χ4n) is 1.40. The molecule has 0 aromatic carbocycles. The third kappa shape index (κ3) is 5.09. The first kappa shape index (κ1) is 14.4. The summed E-state index contributed by atoms with van der Waals surface area (Å²) in [5.74, 6) is -0.883. The monoisotopic (exact) mass is 253 g/mol. The molecule has 0 radical (unpaired) electrons. The molecule has 6 nitrogen and oxygen atoms in total. The van der Waals surface area contributed by atoms with Crippen molar-refractivity contribution in [1.82, 2.24) is 9.97 Å². The van der Waals surface area contributed by atoms with Crippen LogP contribution in [0, 0.1) is 0 Å². The van der Waals surface area contributed by atoms with E-state index in [4.69, 9.17) is 10.5 Å². The SMILES string of the molecule is CC(C)(C)OC(=O)CC(=O)[C@@H](N)Cc1cnc[nH]1. The Bertz CT molecular complexity index is 407. The van der Waals surface area contributed by atoms with Crippen LogP contribution in [0.3, 0.4) is 0 Å². The highest BCUT2D eigenvalue weighted by molar-refractivity contribution is 5.98. The molecule has 0 unspecified atom stereocenters. The number of carbonyl (C=O) groups excluding carboxylic acids is 2. The number of carbonyl (C=O) groups is 2. The third-order valence-corrected chi connectivity index (χ3v) is 2.15. The van der Waals surface area contributed by atoms with Crippen LogP contribution in [0.25, 0.3) is 0 Å². The summed E-state index contributed by atoms with van der Waals surface area (Å²) in [6, 6.07) is -0.724. The molecule has 0 saturated heterocycles. The van der Waals surface area contributed by atoms with E-state index >= 15 is 0 Å². The summed E-state index contributed by atoms with van der Waals surface area (Å²) in [7, 11) is 0. The average molecular weight is 253 g/mol. The van der Waals surface area contributed by atoms with Crippen molar-refractivity contribution in [2.24, 2.45) is 5.73 Å². The van der Waals surface area contributed by atoms with E-state index in [-0.39, 0.29) is 12.2 Å². The number of hydrogen-bond acceptors (Lipinski definition) is 5. The smallest absolute Gasteiger partial charge is 0.313 e. The highest BCUT2D eigenvalue weighted by Crippen LogP contribution is 2.09. The molecule has 0 aliphatic rings. The van der Waals surface area contributed by atoms with Crippen LogP contribution < -0.4 is 5.73 Å². The fraction of sp³-hybridized carbons (Fsp3) is 0.583. The molecule has 18 heavy (non-hydrogen) atoms. The predicted octanol–water partition coefficient (Wildman–Crippen LogP) is 0.580. The summed E-state index contributed by atoms with van der Waals surface area (Å²) in [5, 5.41) is 0. The van der Waals surface area contributed by atoms with Crippen LogP contribution in [0.5, 0.6) is 0 Å². The summed E-state index contributed by atoms with van der Waals surface area (Å²) in [6.45, 7) is 5.25. The summed E-state index contributed by atoms with van der Waals surface area (Å²) in [5.41, 5.74) is 5.89. The number of hydrogen-bond donors (Lipinski definition) is 2. The zero-order valence-electron chi connectivity index (χ0n) is 10.9. The van der Waals surface area contributed by atoms with Gasteiger partial charge in [0.25, 0.3) is 0 Å². The molecule has 1 aromatic heterocycles. The highest BCUT2D eigenvalue weighted by atomic mass is 16.6. The van der Waals surface area contributed by atoms with Gasteiger partial charge < -0.3 is 15.5 Å². The van der Waals surface area contributed by atoms with Crippen LogP contribution in [-0.2, 0) is 20.7 Å². The Morgan fingerprint density at radius 2 is 2.17 bits per heavy atom. The van der Waals surface area contributed by atoms with Gasteiger partial charge in [-0.1, -0.05) is 0 Å². The number of nitrogens with two attached hydrogens (primary N) is 1. The minimum absolute atomic E-state index is 0.299. The van der Waals surface area contributed by atoms with Gasteiger partial charge in [0.1, 0.15) is 12.0 Å². The summed E-state index contributed by atoms with van der Waals surface area (Å²) >= 11 is 0. The van der Waals surface area contributed by atoms with Crippen molar-refractivity contribution in [3.63, 3.8) is 0 Å². The number of imidazole rings is 1. The largest absolute Gasteiger partial charge is 0.460 e. The maximum Gasteiger partial charge on any atom is 0.313 e. The van der Waals surface area contributed by atoms with Gasteiger partial charge in [0.05, 0.1) is 12.4 Å². The summed E-state index contributed by atoms with van der Waals surface area (Å²) < 4.78 is 5.06. The van der Waals surface area contributed by atoms with E-state index in [0.29, 0.717) is 6.42 Å². The van der Waals surface area contributed by atoms with Gasteiger partial charge in [-0.15, -0.1) is 0 Å². The van der Waals surface area contributed by atoms with Crippen molar-refractivity contribution in [2.75, 3.05) is 0 Å². The maximum atomic E-state index is 11.7. The van der Waals surface area contributed by atoms with E-state index in [1.54, 1.807) is 27.0 Å². The Morgan fingerprint density at radius 1 is 1.50 bits per heavy atom. The lowest BCUT2D eigenvalue weighted by Gasteiger charge is -2.19. The van der Waals surface area contributed by atoms with Crippen molar-refractivity contribution in [2.45, 2.75) is 45.3 Å². The molecule has 0 amide bonds. The fourth-order valence-corrected chi connectivity index (χ4v) is 1.40. The molecule has 0 fully saturated rings. The normalized spacial score (nSPS) is 13.1. The number of aromatic nitrogens is 2. The number of nitrogens with one attached hydrogen (secondary N) is 1. The minimum Gasteiger partial charge on any atom is -0.460 e. The maximum absolute atomic E-state index is 11.7. The molecule has 1 rings (SSSR count). The molecule has 0 bridgehead atoms. The molecule has 0 aliphatic heterocycles. The molecule has 0 aliphatic carbocycles. The number of H-pyrrole nitrogens is 1. The Balaban J connectivity index is 2.43. The molecular weight excluding hydrogens is 234 g/mol. The number of rotatable bonds is 5. The molecular formula is C12H19N3O3. The summed E-state index contributed by atoms with van der Waals surface area (Å²) in [4.78, 5) is 29.8. The highest BCUT2D eigenvalue weighted by Gasteiger charge is 2.22. The first-order chi connectivity index (χ1) is 8.28. The number of Topliss-reactive ketones (excluding diaryl/α,β-unsaturated/α-hetero) is 1. The van der Waals surface area contributed by atoms with Gasteiger partial charge in [0.15, 0.2) is 5.78 Å². The lowest BCUT2D eigenvalue weighted by Crippen LogP contribution is -2.35. The van der Waals surface area contributed by atoms with Crippen LogP contribution in [0.1, 0.15) is 32.9 Å². The van der Waals surface area contributed by atoms with Gasteiger partial charge in [0, 0.05) is 18.3 Å². The second kappa shape index (κ2) is 5.77. The van der Waals surface area contributed by atoms with Gasteiger partial charge in [0.2, 0.25) is 0 Å². The number of ether oxygens (including phenoxy) is 1. The Morgan fingerprint density at radius 3 is 2.67 bits per heavy atom. The van der Waals surface area contributed by atoms with Crippen LogP contribution in [-0.4, -0.2) is 33.4 Å². The number of ketones is 1. The zero-order chi connectivity index (χ0) is 13.8. The minimum atomic E-state index is -0.724. The zero-order valence-corrected chi connectivity index (χ0v) is 10.9. The van der Waals surface area contributed by atoms with E-state index in [1.807, 2.05) is 0 Å². The average Bonchev–Trinajstić information content (AvgIpc) is 2.66. The second-order valence-electron chi connectivity index (χ2n) is 5.12. The molecule has 3 N–H and O–H groups in total. The quantitative estimate of drug-likeness (QED) is 0.591. The second-order valence-corrected chi connectivity index (χ2v) is 5.12. The van der Waals surface area contributed by atoms with Crippen LogP contribution >= 0.6 is 0 Å². The Kier molecular flexibility index (Phi) is 4.61. The van der Waals surface area contributed by atoms with Crippen molar-refractivity contribution in [1.29, 1.82) is 0 Å². The lowest BCUT2D eigenvalue weighted by atomic mass is 10.1. The lowest BCUT2D eigenvalue weighted by molar-refractivity contribution is -0.156. The van der Waals surface area contributed by atoms with E-state index in [9.17, 15) is 9.59 Å². The standard InChI is InChI=1S/C12H19N3O3/c1-12(2,3)18-11(17)5-10(16)9(13)4-8-6-14-7-15-8/h6-7,9H,4-5,13H2,1-3H3,(H,14,15)/t9-/m0/s1. The third-order valence-electron chi connectivity index (χ3n) is 2.15. The van der Waals surface area contributed by atoms with Crippen molar-refractivity contribution in [3.05, 3.63) is 18.2 Å². The molecule has 100 valence electrons. The number of esters is 1. The van der Waals surface area contributed by atoms with E-state index in [2.05, 4.69) is 9.97 Å². The molecule has 0 spiro atoms. The summed E-state index contributed by atoms with van der Waals surface area (Å²) in [6.07, 6.45) is 3.15. The van der Waals surface area contributed by atoms with Gasteiger partial charge in [-0.3, -0.25) is 9.59 Å². The van der Waals surface area contributed by atoms with E-state index in [0.717, 1.165) is 5.69 Å². The molecule has 1 aromatic rings. The number of aromatic amines is 1. The molecule has 6 heteroatoms. The molecule has 1 heterocycles. The molecule has 0 saturated carbocycles. The van der Waals surface area contributed by atoms with Gasteiger partial charge in [-0.05, 0) is 20.8 Å². The van der Waals surface area contributed by atoms with Crippen LogP contribution in [0.2, 0.25) is 0 Å². The Hall–Kier alpha value is -1.69. The van der Waals surface area contributed by atoms with Crippen molar-refractivity contribution >= 4 is 11.8 Å². The Labute approximate surface area is 106 Å². The van der Waals surface area contributed by atoms with Crippen molar-refractivity contribution in [3.8, 4) is 0 Å². The van der Waals surface area contributed by atoms with Gasteiger partial charge in [-0.2, -0.15) is 0 Å². The van der Waals surface area contributed by atoms with Gasteiger partial charge in [-0.25, -0.2) is 4.98 Å². The predicted molar refractivity (Wildman–Crippen MR) is 65.7 cm³/mol. The topological polar surface area (TPSA) is 98.1 Å². The van der Waals surface area contributed by atoms with Gasteiger partial charge >= 0.3 is 5.97 Å². The first-order valence-electron chi connectivity index (χ1n) is 5.75. The van der Waals surface area contributed by atoms with E-state index < -0.39 is 17.6 Å². The molecule has 1 atom stereocenters. The number of nitrogens with zero attached hydrogens (tertiary/aromatic N) is 1. The van der Waals surface area contributed by atoms with E-state index in [1.165, 1.54) is 6.33 Å². The first-order valence-corrected chi connectivity index (χ1v) is 5.75. The van der Waals surface area contributed by atoms with Crippen molar-refractivity contribution < 1.29 is 14.3 Å². The van der Waals surface area contributed by atoms with Crippen LogP contribution in [0.4, 0.5) is 0 Å². The van der Waals surface area contributed by atoms with Crippen LogP contribution in [0.15, 0.2) is 12.5 Å².